The van der Waals surface area contributed by atoms with Crippen molar-refractivity contribution in [3.05, 3.63) is 42.0 Å². The first-order valence-corrected chi connectivity index (χ1v) is 7.93. The topological polar surface area (TPSA) is 112 Å². The van der Waals surface area contributed by atoms with Gasteiger partial charge >= 0.3 is 11.9 Å². The molecule has 3 N–H and O–H groups in total. The van der Waals surface area contributed by atoms with Crippen LogP contribution in [0.15, 0.2) is 42.0 Å². The van der Waals surface area contributed by atoms with Crippen LogP contribution < -0.4 is 5.32 Å². The molecule has 0 spiro atoms. The molecule has 0 fully saturated rings. The van der Waals surface area contributed by atoms with Crippen molar-refractivity contribution < 1.29 is 19.8 Å². The fraction of sp³-hybridized carbons (Fsp3) is 0.125. The van der Waals surface area contributed by atoms with Gasteiger partial charge in [-0.25, -0.2) is 14.8 Å². The summed E-state index contributed by atoms with van der Waals surface area (Å²) in [5.41, 5.74) is 1.82. The summed E-state index contributed by atoms with van der Waals surface area (Å²) in [5, 5.41) is 23.4. The third-order valence-corrected chi connectivity index (χ3v) is 4.33. The van der Waals surface area contributed by atoms with E-state index in [0.717, 1.165) is 11.1 Å². The smallest absolute Gasteiger partial charge is 0.326 e. The van der Waals surface area contributed by atoms with Crippen molar-refractivity contribution >= 4 is 39.3 Å². The van der Waals surface area contributed by atoms with Crippen LogP contribution in [-0.2, 0) is 9.59 Å². The normalized spacial score (nSPS) is 12.0. The Morgan fingerprint density at radius 1 is 1.17 bits per heavy atom. The number of carboxylic acids is 2. The predicted molar refractivity (Wildman–Crippen MR) is 90.2 cm³/mol. The van der Waals surface area contributed by atoms with Crippen LogP contribution >= 0.6 is 11.3 Å². The maximum atomic E-state index is 11.3. The van der Waals surface area contributed by atoms with Gasteiger partial charge in [0, 0.05) is 10.9 Å². The van der Waals surface area contributed by atoms with E-state index in [-0.39, 0.29) is 0 Å². The number of benzene rings is 1. The molecule has 0 aliphatic heterocycles. The lowest BCUT2D eigenvalue weighted by Crippen LogP contribution is -2.32. The van der Waals surface area contributed by atoms with Crippen LogP contribution in [0.25, 0.3) is 21.3 Å². The molecule has 3 aromatic rings. The Labute approximate surface area is 140 Å². The number of carbonyl (C=O) groups is 2. The Kier molecular flexibility index (Phi) is 4.39. The molecule has 1 aromatic carbocycles. The number of carboxylic acid groups (broad SMARTS) is 2. The highest BCUT2D eigenvalue weighted by Gasteiger charge is 2.23. The van der Waals surface area contributed by atoms with Crippen LogP contribution in [0.4, 0.5) is 5.82 Å². The van der Waals surface area contributed by atoms with E-state index >= 15 is 0 Å². The zero-order chi connectivity index (χ0) is 17.1. The number of hydrogen-bond acceptors (Lipinski definition) is 6. The van der Waals surface area contributed by atoms with Gasteiger partial charge in [0.15, 0.2) is 0 Å². The van der Waals surface area contributed by atoms with Crippen LogP contribution in [0.3, 0.4) is 0 Å². The first-order valence-electron chi connectivity index (χ1n) is 7.05. The van der Waals surface area contributed by atoms with E-state index in [0.29, 0.717) is 16.0 Å². The highest BCUT2D eigenvalue weighted by atomic mass is 32.1. The number of rotatable bonds is 6. The fourth-order valence-corrected chi connectivity index (χ4v) is 3.27. The zero-order valence-electron chi connectivity index (χ0n) is 12.3. The van der Waals surface area contributed by atoms with Crippen LogP contribution in [0.2, 0.25) is 0 Å². The van der Waals surface area contributed by atoms with Crippen molar-refractivity contribution in [1.82, 2.24) is 9.97 Å². The monoisotopic (exact) mass is 343 g/mol. The lowest BCUT2D eigenvalue weighted by molar-refractivity contribution is -0.144. The maximum absolute atomic E-state index is 11.3. The first-order chi connectivity index (χ1) is 11.6. The summed E-state index contributed by atoms with van der Waals surface area (Å²) in [4.78, 5) is 31.2. The van der Waals surface area contributed by atoms with E-state index in [2.05, 4.69) is 15.3 Å². The second-order valence-corrected chi connectivity index (χ2v) is 5.91. The molecule has 1 atom stereocenters. The minimum Gasteiger partial charge on any atom is -0.481 e. The van der Waals surface area contributed by atoms with Gasteiger partial charge in [-0.15, -0.1) is 11.3 Å². The minimum atomic E-state index is -1.27. The number of nitrogens with one attached hydrogen (secondary N) is 1. The van der Waals surface area contributed by atoms with E-state index < -0.39 is 24.4 Å². The summed E-state index contributed by atoms with van der Waals surface area (Å²) in [7, 11) is 0. The molecule has 0 saturated heterocycles. The first kappa shape index (κ1) is 15.9. The van der Waals surface area contributed by atoms with E-state index in [9.17, 15) is 14.7 Å². The van der Waals surface area contributed by atoms with E-state index in [4.69, 9.17) is 5.11 Å². The van der Waals surface area contributed by atoms with Crippen molar-refractivity contribution in [2.24, 2.45) is 0 Å². The molecule has 1 unspecified atom stereocenters. The standard InChI is InChI=1S/C16H13N3O4S/c20-12(21)6-11(16(22)23)19-14-13-10(9-4-2-1-3-5-9)7-24-15(13)18-8-17-14/h1-5,7-8,11H,6H2,(H,20,21)(H,22,23)(H,17,18,19). The van der Waals surface area contributed by atoms with Crippen molar-refractivity contribution in [1.29, 1.82) is 0 Å². The third-order valence-electron chi connectivity index (χ3n) is 3.44. The molecule has 0 radical (unpaired) electrons. The number of anilines is 1. The largest absolute Gasteiger partial charge is 0.481 e. The number of thiophene rings is 1. The summed E-state index contributed by atoms with van der Waals surface area (Å²) in [6, 6.07) is 8.31. The van der Waals surface area contributed by atoms with Gasteiger partial charge in [-0.2, -0.15) is 0 Å². The molecule has 122 valence electrons. The summed E-state index contributed by atoms with van der Waals surface area (Å²) < 4.78 is 0. The molecule has 2 heterocycles. The molecular formula is C16H13N3O4S. The molecule has 8 heteroatoms. The summed E-state index contributed by atoms with van der Waals surface area (Å²) in [6.45, 7) is 0. The average Bonchev–Trinajstić information content (AvgIpc) is 2.99. The Hall–Kier alpha value is -3.00. The molecule has 0 saturated carbocycles. The van der Waals surface area contributed by atoms with Gasteiger partial charge in [-0.05, 0) is 5.56 Å². The molecule has 24 heavy (non-hydrogen) atoms. The second kappa shape index (κ2) is 6.63. The lowest BCUT2D eigenvalue weighted by atomic mass is 10.1. The zero-order valence-corrected chi connectivity index (χ0v) is 13.2. The van der Waals surface area contributed by atoms with Crippen LogP contribution in [0, 0.1) is 0 Å². The van der Waals surface area contributed by atoms with Gasteiger partial charge in [-0.1, -0.05) is 30.3 Å². The van der Waals surface area contributed by atoms with Crippen LogP contribution in [0.5, 0.6) is 0 Å². The van der Waals surface area contributed by atoms with E-state index in [1.165, 1.54) is 17.7 Å². The maximum Gasteiger partial charge on any atom is 0.326 e. The van der Waals surface area contributed by atoms with Gasteiger partial charge in [-0.3, -0.25) is 4.79 Å². The van der Waals surface area contributed by atoms with Gasteiger partial charge in [0.1, 0.15) is 23.0 Å². The second-order valence-electron chi connectivity index (χ2n) is 5.05. The van der Waals surface area contributed by atoms with E-state index in [1.54, 1.807) is 0 Å². The SMILES string of the molecule is O=C(O)CC(Nc1ncnc2scc(-c3ccccc3)c12)C(=O)O. The van der Waals surface area contributed by atoms with Crippen LogP contribution in [-0.4, -0.2) is 38.2 Å². The van der Waals surface area contributed by atoms with Crippen molar-refractivity contribution in [2.45, 2.75) is 12.5 Å². The Balaban J connectivity index is 2.06. The number of hydrogen-bond donors (Lipinski definition) is 3. The number of aromatic nitrogens is 2. The highest BCUT2D eigenvalue weighted by Crippen LogP contribution is 2.36. The van der Waals surface area contributed by atoms with Crippen molar-refractivity contribution in [3.8, 4) is 11.1 Å². The molecule has 3 rings (SSSR count). The molecule has 7 nitrogen and oxygen atoms in total. The van der Waals surface area contributed by atoms with Gasteiger partial charge in [0.25, 0.3) is 0 Å². The van der Waals surface area contributed by atoms with Crippen molar-refractivity contribution in [2.75, 3.05) is 5.32 Å². The quantitative estimate of drug-likeness (QED) is 0.630. The fourth-order valence-electron chi connectivity index (χ4n) is 2.35. The molecule has 0 amide bonds. The van der Waals surface area contributed by atoms with Crippen LogP contribution in [0.1, 0.15) is 6.42 Å². The van der Waals surface area contributed by atoms with E-state index in [1.807, 2.05) is 35.7 Å². The average molecular weight is 343 g/mol. The molecule has 0 aliphatic rings. The summed E-state index contributed by atoms with van der Waals surface area (Å²) >= 11 is 1.42. The number of fused-ring (bicyclic) bond motifs is 1. The summed E-state index contributed by atoms with van der Waals surface area (Å²) in [5.74, 6) is -2.14. The Morgan fingerprint density at radius 3 is 2.58 bits per heavy atom. The molecule has 0 aliphatic carbocycles. The van der Waals surface area contributed by atoms with Crippen molar-refractivity contribution in [3.63, 3.8) is 0 Å². The number of aliphatic carboxylic acids is 2. The molecule has 2 aromatic heterocycles. The molecule has 0 bridgehead atoms. The Morgan fingerprint density at radius 2 is 1.92 bits per heavy atom. The highest BCUT2D eigenvalue weighted by molar-refractivity contribution is 7.17. The van der Waals surface area contributed by atoms with Gasteiger partial charge in [0.2, 0.25) is 0 Å². The summed E-state index contributed by atoms with van der Waals surface area (Å²) in [6.07, 6.45) is 0.779. The lowest BCUT2D eigenvalue weighted by Gasteiger charge is -2.14. The number of nitrogens with zero attached hydrogens (tertiary/aromatic N) is 2. The molecular weight excluding hydrogens is 330 g/mol. The third kappa shape index (κ3) is 3.18. The van der Waals surface area contributed by atoms with Gasteiger partial charge < -0.3 is 15.5 Å². The Bertz CT molecular complexity index is 895. The van der Waals surface area contributed by atoms with Gasteiger partial charge in [0.05, 0.1) is 11.8 Å². The predicted octanol–water partition coefficient (Wildman–Crippen LogP) is 2.70. The minimum absolute atomic E-state index is 0.314.